The van der Waals surface area contributed by atoms with Gasteiger partial charge in [0.15, 0.2) is 0 Å². The topological polar surface area (TPSA) is 136 Å². The third-order valence-corrected chi connectivity index (χ3v) is 4.60. The predicted octanol–water partition coefficient (Wildman–Crippen LogP) is 3.89. The number of anilines is 2. The zero-order valence-electron chi connectivity index (χ0n) is 15.2. The number of hydrogen-bond acceptors (Lipinski definition) is 6. The molecule has 0 aliphatic heterocycles. The highest BCUT2D eigenvalue weighted by molar-refractivity contribution is 6.33. The van der Waals surface area contributed by atoms with Crippen molar-refractivity contribution in [2.45, 2.75) is 13.0 Å². The molecule has 0 aliphatic carbocycles. The van der Waals surface area contributed by atoms with Gasteiger partial charge in [0, 0.05) is 47.7 Å². The van der Waals surface area contributed by atoms with Crippen LogP contribution in [-0.2, 0) is 6.54 Å². The third-order valence-electron chi connectivity index (χ3n) is 4.27. The van der Waals surface area contributed by atoms with Crippen molar-refractivity contribution in [2.24, 2.45) is 0 Å². The van der Waals surface area contributed by atoms with Gasteiger partial charge in [0.2, 0.25) is 5.82 Å². The molecule has 2 aromatic heterocycles. The van der Waals surface area contributed by atoms with E-state index in [1.807, 2.05) is 0 Å². The number of nitrogens with one attached hydrogen (secondary N) is 1. The molecule has 0 fully saturated rings. The molecule has 0 radical (unpaired) electrons. The lowest BCUT2D eigenvalue weighted by Gasteiger charge is -2.07. The van der Waals surface area contributed by atoms with Crippen molar-refractivity contribution in [1.29, 1.82) is 0 Å². The predicted molar refractivity (Wildman–Crippen MR) is 110 cm³/mol. The minimum Gasteiger partial charge on any atom is -0.478 e. The van der Waals surface area contributed by atoms with Crippen LogP contribution in [-0.4, -0.2) is 32.1 Å². The first-order valence-corrected chi connectivity index (χ1v) is 9.07. The number of halogens is 1. The summed E-state index contributed by atoms with van der Waals surface area (Å²) in [6, 6.07) is 9.87. The summed E-state index contributed by atoms with van der Waals surface area (Å²) < 4.78 is 1.79. The van der Waals surface area contributed by atoms with Crippen molar-refractivity contribution in [2.75, 3.05) is 17.6 Å². The fourth-order valence-corrected chi connectivity index (χ4v) is 3.14. The third kappa shape index (κ3) is 4.64. The first-order chi connectivity index (χ1) is 13.9. The number of aromatic nitrogens is 2. The average molecular weight is 416 g/mol. The van der Waals surface area contributed by atoms with Gasteiger partial charge in [-0.3, -0.25) is 10.1 Å². The maximum atomic E-state index is 11.6. The number of rotatable bonds is 8. The number of nitro groups is 1. The molecule has 0 saturated carbocycles. The Morgan fingerprint density at radius 1 is 1.24 bits per heavy atom. The number of carboxylic acid groups (broad SMARTS) is 1. The van der Waals surface area contributed by atoms with Crippen molar-refractivity contribution < 1.29 is 14.8 Å². The SMILES string of the molecule is Nc1nc(NCCCn2cc(C(=O)O)c(-c3ccccc3Cl)c2)ccc1[N+](=O)[O-]. The van der Waals surface area contributed by atoms with Crippen LogP contribution in [0, 0.1) is 10.1 Å². The molecule has 0 unspecified atom stereocenters. The smallest absolute Gasteiger partial charge is 0.337 e. The fourth-order valence-electron chi connectivity index (χ4n) is 2.90. The molecule has 0 atom stereocenters. The Morgan fingerprint density at radius 3 is 2.66 bits per heavy atom. The molecule has 0 amide bonds. The maximum Gasteiger partial charge on any atom is 0.337 e. The molecule has 10 heteroatoms. The minimum atomic E-state index is -1.03. The van der Waals surface area contributed by atoms with Crippen LogP contribution in [0.25, 0.3) is 11.1 Å². The van der Waals surface area contributed by atoms with Gasteiger partial charge in [-0.2, -0.15) is 0 Å². The van der Waals surface area contributed by atoms with E-state index in [0.717, 1.165) is 0 Å². The Labute approximate surface area is 170 Å². The number of benzene rings is 1. The van der Waals surface area contributed by atoms with Crippen molar-refractivity contribution in [3.05, 3.63) is 69.5 Å². The van der Waals surface area contributed by atoms with Crippen LogP contribution in [0.2, 0.25) is 5.02 Å². The molecule has 9 nitrogen and oxygen atoms in total. The van der Waals surface area contributed by atoms with Crippen molar-refractivity contribution in [3.63, 3.8) is 0 Å². The van der Waals surface area contributed by atoms with Gasteiger partial charge in [-0.1, -0.05) is 29.8 Å². The van der Waals surface area contributed by atoms with Gasteiger partial charge in [-0.15, -0.1) is 0 Å². The summed E-state index contributed by atoms with van der Waals surface area (Å²) in [5.41, 5.74) is 6.72. The fraction of sp³-hybridized carbons (Fsp3) is 0.158. The lowest BCUT2D eigenvalue weighted by atomic mass is 10.1. The Kier molecular flexibility index (Phi) is 5.99. The Hall–Kier alpha value is -3.59. The second kappa shape index (κ2) is 8.61. The highest BCUT2D eigenvalue weighted by Crippen LogP contribution is 2.31. The number of aryl methyl sites for hydroxylation is 1. The van der Waals surface area contributed by atoms with Crippen LogP contribution in [0.15, 0.2) is 48.8 Å². The second-order valence-corrected chi connectivity index (χ2v) is 6.65. The zero-order chi connectivity index (χ0) is 21.0. The lowest BCUT2D eigenvalue weighted by molar-refractivity contribution is -0.384. The highest BCUT2D eigenvalue weighted by Gasteiger charge is 2.17. The van der Waals surface area contributed by atoms with Crippen LogP contribution in [0.4, 0.5) is 17.3 Å². The van der Waals surface area contributed by atoms with E-state index in [1.54, 1.807) is 41.2 Å². The highest BCUT2D eigenvalue weighted by atomic mass is 35.5. The molecular weight excluding hydrogens is 398 g/mol. The van der Waals surface area contributed by atoms with E-state index in [-0.39, 0.29) is 17.1 Å². The lowest BCUT2D eigenvalue weighted by Crippen LogP contribution is -2.08. The monoisotopic (exact) mass is 415 g/mol. The van der Waals surface area contributed by atoms with Gasteiger partial charge in [0.1, 0.15) is 5.82 Å². The van der Waals surface area contributed by atoms with Crippen molar-refractivity contribution in [3.8, 4) is 11.1 Å². The van der Waals surface area contributed by atoms with E-state index in [2.05, 4.69) is 10.3 Å². The summed E-state index contributed by atoms with van der Waals surface area (Å²) in [4.78, 5) is 25.7. The number of carbonyl (C=O) groups is 1. The summed E-state index contributed by atoms with van der Waals surface area (Å²) in [7, 11) is 0. The minimum absolute atomic E-state index is 0.152. The van der Waals surface area contributed by atoms with Crippen LogP contribution < -0.4 is 11.1 Å². The molecule has 3 rings (SSSR count). The molecule has 0 aliphatic rings. The molecular formula is C19H18ClN5O4. The first-order valence-electron chi connectivity index (χ1n) is 8.69. The number of aromatic carboxylic acids is 1. The van der Waals surface area contributed by atoms with E-state index < -0.39 is 10.9 Å². The van der Waals surface area contributed by atoms with E-state index >= 15 is 0 Å². The molecule has 3 aromatic rings. The number of hydrogen-bond donors (Lipinski definition) is 3. The molecule has 1 aromatic carbocycles. The molecule has 0 bridgehead atoms. The molecule has 29 heavy (non-hydrogen) atoms. The van der Waals surface area contributed by atoms with E-state index in [0.29, 0.717) is 41.5 Å². The van der Waals surface area contributed by atoms with Gasteiger partial charge in [0.25, 0.3) is 0 Å². The van der Waals surface area contributed by atoms with E-state index in [1.165, 1.54) is 12.1 Å². The molecule has 4 N–H and O–H groups in total. The summed E-state index contributed by atoms with van der Waals surface area (Å²) in [6.07, 6.45) is 3.99. The second-order valence-electron chi connectivity index (χ2n) is 6.25. The van der Waals surface area contributed by atoms with E-state index in [4.69, 9.17) is 17.3 Å². The summed E-state index contributed by atoms with van der Waals surface area (Å²) in [6.45, 7) is 1.08. The number of carboxylic acids is 1. The van der Waals surface area contributed by atoms with Crippen LogP contribution in [0.1, 0.15) is 16.8 Å². The van der Waals surface area contributed by atoms with Gasteiger partial charge in [0.05, 0.1) is 10.5 Å². The molecule has 2 heterocycles. The Balaban J connectivity index is 1.65. The zero-order valence-corrected chi connectivity index (χ0v) is 16.0. The average Bonchev–Trinajstić information content (AvgIpc) is 3.10. The number of nitrogens with zero attached hydrogens (tertiary/aromatic N) is 3. The summed E-state index contributed by atoms with van der Waals surface area (Å²) in [5, 5.41) is 23.8. The largest absolute Gasteiger partial charge is 0.478 e. The van der Waals surface area contributed by atoms with E-state index in [9.17, 15) is 20.0 Å². The summed E-state index contributed by atoms with van der Waals surface area (Å²) >= 11 is 6.21. The molecule has 0 saturated heterocycles. The van der Waals surface area contributed by atoms with Crippen molar-refractivity contribution >= 4 is 34.9 Å². The van der Waals surface area contributed by atoms with Gasteiger partial charge >= 0.3 is 11.7 Å². The normalized spacial score (nSPS) is 10.7. The van der Waals surface area contributed by atoms with Crippen LogP contribution >= 0.6 is 11.6 Å². The number of nitrogens with two attached hydrogens (primary N) is 1. The molecule has 0 spiro atoms. The standard InChI is InChI=1S/C19H18ClN5O4/c20-15-5-2-1-4-12(15)13-10-24(11-14(13)19(26)27)9-3-8-22-17-7-6-16(25(28)29)18(21)23-17/h1-2,4-7,10-11H,3,8-9H2,(H,26,27)(H3,21,22,23). The van der Waals surface area contributed by atoms with Gasteiger partial charge in [-0.25, -0.2) is 9.78 Å². The van der Waals surface area contributed by atoms with Crippen LogP contribution in [0.3, 0.4) is 0 Å². The Morgan fingerprint density at radius 2 is 2.00 bits per heavy atom. The summed E-state index contributed by atoms with van der Waals surface area (Å²) in [5.74, 6) is -0.744. The quantitative estimate of drug-likeness (QED) is 0.288. The van der Waals surface area contributed by atoms with Crippen LogP contribution in [0.5, 0.6) is 0 Å². The van der Waals surface area contributed by atoms with Gasteiger partial charge < -0.3 is 20.7 Å². The van der Waals surface area contributed by atoms with Crippen molar-refractivity contribution in [1.82, 2.24) is 9.55 Å². The van der Waals surface area contributed by atoms with Gasteiger partial charge in [-0.05, 0) is 18.6 Å². The first kappa shape index (κ1) is 20.2. The Bertz CT molecular complexity index is 1070. The molecule has 150 valence electrons. The number of nitrogen functional groups attached to an aromatic ring is 1. The maximum absolute atomic E-state index is 11.6. The number of pyridine rings is 1.